The van der Waals surface area contributed by atoms with Crippen molar-refractivity contribution in [3.8, 4) is 5.82 Å². The molecule has 6 heteroatoms. The zero-order valence-corrected chi connectivity index (χ0v) is 10.1. The Kier molecular flexibility index (Phi) is 2.49. The molecular weight excluding hydrogens is 246 g/mol. The highest BCUT2D eigenvalue weighted by atomic mass is 35.5. The maximum atomic E-state index is 6.00. The lowest BCUT2D eigenvalue weighted by Gasteiger charge is -2.07. The van der Waals surface area contributed by atoms with Crippen molar-refractivity contribution >= 4 is 41.6 Å². The van der Waals surface area contributed by atoms with Gasteiger partial charge in [-0.3, -0.25) is 4.57 Å². The van der Waals surface area contributed by atoms with Crippen molar-refractivity contribution in [1.29, 1.82) is 0 Å². The van der Waals surface area contributed by atoms with Gasteiger partial charge in [-0.1, -0.05) is 17.6 Å². The topological polar surface area (TPSA) is 56.7 Å². The van der Waals surface area contributed by atoms with E-state index in [2.05, 4.69) is 9.97 Å². The van der Waals surface area contributed by atoms with E-state index in [-0.39, 0.29) is 5.28 Å². The van der Waals surface area contributed by atoms with Gasteiger partial charge in [0.25, 0.3) is 0 Å². The molecule has 86 valence electrons. The van der Waals surface area contributed by atoms with Gasteiger partial charge in [-0.2, -0.15) is 4.98 Å². The fraction of sp³-hybridized carbons (Fsp3) is 0. The second-order valence-corrected chi connectivity index (χ2v) is 4.24. The van der Waals surface area contributed by atoms with Crippen LogP contribution in [0.5, 0.6) is 0 Å². The molecule has 4 nitrogen and oxygen atoms in total. The summed E-state index contributed by atoms with van der Waals surface area (Å²) in [5, 5.41) is 1.18. The van der Waals surface area contributed by atoms with Crippen LogP contribution < -0.4 is 11.2 Å². The van der Waals surface area contributed by atoms with Crippen LogP contribution >= 0.6 is 11.6 Å². The van der Waals surface area contributed by atoms with E-state index in [0.717, 1.165) is 10.9 Å². The largest absolute Gasteiger partial charge is 0.385 e. The monoisotopic (exact) mass is 254 g/mol. The van der Waals surface area contributed by atoms with Crippen LogP contribution in [0.3, 0.4) is 0 Å². The van der Waals surface area contributed by atoms with Crippen molar-refractivity contribution in [2.24, 2.45) is 0 Å². The maximum Gasteiger partial charge on any atom is 0.224 e. The molecule has 3 aromatic rings. The Bertz CT molecular complexity index is 738. The minimum Gasteiger partial charge on any atom is -0.385 e. The molecule has 2 aromatic heterocycles. The Morgan fingerprint density at radius 1 is 1.22 bits per heavy atom. The lowest BCUT2D eigenvalue weighted by molar-refractivity contribution is 1.02. The number of aromatic nitrogens is 3. The molecule has 0 saturated heterocycles. The van der Waals surface area contributed by atoms with Gasteiger partial charge in [0, 0.05) is 11.6 Å². The summed E-state index contributed by atoms with van der Waals surface area (Å²) in [5.74, 6) is 1.19. The molecule has 0 unspecified atom stereocenters. The van der Waals surface area contributed by atoms with Gasteiger partial charge in [0.05, 0.1) is 5.52 Å². The maximum absolute atomic E-state index is 6.00. The predicted octanol–water partition coefficient (Wildman–Crippen LogP) is 1.45. The van der Waals surface area contributed by atoms with Crippen molar-refractivity contribution in [3.63, 3.8) is 0 Å². The van der Waals surface area contributed by atoms with Crippen molar-refractivity contribution in [3.05, 3.63) is 41.8 Å². The van der Waals surface area contributed by atoms with E-state index in [9.17, 15) is 0 Å². The van der Waals surface area contributed by atoms with Crippen LogP contribution in [0.25, 0.3) is 16.7 Å². The smallest absolute Gasteiger partial charge is 0.224 e. The zero-order valence-electron chi connectivity index (χ0n) is 9.34. The SMILES string of the molecule is [B]c1ccc2cc(N)n(-c3ccnc(Cl)n3)c2c1. The third-order valence-electron chi connectivity index (χ3n) is 2.70. The van der Waals surface area contributed by atoms with Crippen molar-refractivity contribution < 1.29 is 0 Å². The number of hydrogen-bond acceptors (Lipinski definition) is 3. The van der Waals surface area contributed by atoms with E-state index in [4.69, 9.17) is 25.2 Å². The number of rotatable bonds is 1. The quantitative estimate of drug-likeness (QED) is 0.528. The van der Waals surface area contributed by atoms with E-state index in [0.29, 0.717) is 17.1 Å². The van der Waals surface area contributed by atoms with Gasteiger partial charge in [0.1, 0.15) is 19.5 Å². The highest BCUT2D eigenvalue weighted by molar-refractivity contribution is 6.33. The first-order chi connectivity index (χ1) is 8.65. The van der Waals surface area contributed by atoms with Gasteiger partial charge in [0.2, 0.25) is 5.28 Å². The highest BCUT2D eigenvalue weighted by Gasteiger charge is 2.09. The van der Waals surface area contributed by atoms with Gasteiger partial charge in [-0.25, -0.2) is 4.98 Å². The second kappa shape index (κ2) is 4.03. The molecule has 0 atom stereocenters. The van der Waals surface area contributed by atoms with E-state index >= 15 is 0 Å². The van der Waals surface area contributed by atoms with Crippen molar-refractivity contribution in [2.45, 2.75) is 0 Å². The molecule has 0 aliphatic rings. The molecule has 0 spiro atoms. The summed E-state index contributed by atoms with van der Waals surface area (Å²) in [6, 6.07) is 9.21. The van der Waals surface area contributed by atoms with Crippen molar-refractivity contribution in [1.82, 2.24) is 14.5 Å². The van der Waals surface area contributed by atoms with Gasteiger partial charge >= 0.3 is 0 Å². The molecular formula is C12H8BClN4. The third-order valence-corrected chi connectivity index (χ3v) is 2.88. The van der Waals surface area contributed by atoms with Gasteiger partial charge in [-0.15, -0.1) is 0 Å². The molecule has 2 heterocycles. The Balaban J connectivity index is 2.34. The normalized spacial score (nSPS) is 10.9. The fourth-order valence-corrected chi connectivity index (χ4v) is 2.09. The lowest BCUT2D eigenvalue weighted by atomic mass is 9.95. The van der Waals surface area contributed by atoms with Crippen LogP contribution in [0.4, 0.5) is 5.82 Å². The van der Waals surface area contributed by atoms with E-state index in [1.54, 1.807) is 16.8 Å². The number of anilines is 1. The van der Waals surface area contributed by atoms with Crippen LogP contribution in [0.2, 0.25) is 5.28 Å². The molecule has 0 aliphatic carbocycles. The summed E-state index contributed by atoms with van der Waals surface area (Å²) in [6.07, 6.45) is 1.59. The summed E-state index contributed by atoms with van der Waals surface area (Å²) in [6.45, 7) is 0. The average Bonchev–Trinajstić information content (AvgIpc) is 2.64. The van der Waals surface area contributed by atoms with Crippen LogP contribution in [0.1, 0.15) is 0 Å². The van der Waals surface area contributed by atoms with E-state index in [1.807, 2.05) is 24.3 Å². The summed E-state index contributed by atoms with van der Waals surface area (Å²) in [4.78, 5) is 8.01. The highest BCUT2D eigenvalue weighted by Crippen LogP contribution is 2.24. The molecule has 2 N–H and O–H groups in total. The molecule has 0 aliphatic heterocycles. The second-order valence-electron chi connectivity index (χ2n) is 3.91. The Labute approximate surface area is 110 Å². The number of nitrogens with two attached hydrogens (primary N) is 1. The number of nitrogen functional groups attached to an aromatic ring is 1. The van der Waals surface area contributed by atoms with Crippen molar-refractivity contribution in [2.75, 3.05) is 5.73 Å². The number of hydrogen-bond donors (Lipinski definition) is 1. The zero-order chi connectivity index (χ0) is 12.7. The van der Waals surface area contributed by atoms with Gasteiger partial charge in [-0.05, 0) is 29.8 Å². The van der Waals surface area contributed by atoms with Crippen LogP contribution in [0, 0.1) is 0 Å². The Hall–Kier alpha value is -2.01. The molecule has 0 saturated carbocycles. The standard InChI is InChI=1S/C12H8BClN4/c13-8-2-1-7-5-10(15)18(9(7)6-8)11-3-4-16-12(14)17-11/h1-6H,15H2. The van der Waals surface area contributed by atoms with E-state index in [1.165, 1.54) is 0 Å². The van der Waals surface area contributed by atoms with E-state index < -0.39 is 0 Å². The number of halogens is 1. The minimum absolute atomic E-state index is 0.178. The number of nitrogens with zero attached hydrogens (tertiary/aromatic N) is 3. The molecule has 1 aromatic carbocycles. The van der Waals surface area contributed by atoms with Crippen LogP contribution in [-0.2, 0) is 0 Å². The van der Waals surface area contributed by atoms with Crippen LogP contribution in [0.15, 0.2) is 36.5 Å². The first-order valence-electron chi connectivity index (χ1n) is 5.30. The summed E-state index contributed by atoms with van der Waals surface area (Å²) < 4.78 is 1.79. The molecule has 0 amide bonds. The number of fused-ring (bicyclic) bond motifs is 1. The average molecular weight is 254 g/mol. The molecule has 0 fully saturated rings. The first kappa shape index (κ1) is 11.1. The molecule has 18 heavy (non-hydrogen) atoms. The summed E-state index contributed by atoms with van der Waals surface area (Å²) in [5.41, 5.74) is 7.56. The predicted molar refractivity (Wildman–Crippen MR) is 73.7 cm³/mol. The lowest BCUT2D eigenvalue weighted by Crippen LogP contribution is -2.05. The fourth-order valence-electron chi connectivity index (χ4n) is 1.95. The van der Waals surface area contributed by atoms with Gasteiger partial charge in [0.15, 0.2) is 0 Å². The summed E-state index contributed by atoms with van der Waals surface area (Å²) in [7, 11) is 5.80. The number of benzene rings is 1. The van der Waals surface area contributed by atoms with Gasteiger partial charge < -0.3 is 5.73 Å². The molecule has 2 radical (unpaired) electrons. The molecule has 0 bridgehead atoms. The molecule has 3 rings (SSSR count). The third kappa shape index (κ3) is 1.73. The Morgan fingerprint density at radius 2 is 2.06 bits per heavy atom. The first-order valence-corrected chi connectivity index (χ1v) is 5.68. The summed E-state index contributed by atoms with van der Waals surface area (Å²) >= 11 is 5.80. The minimum atomic E-state index is 0.178. The Morgan fingerprint density at radius 3 is 2.83 bits per heavy atom. The van der Waals surface area contributed by atoms with Crippen LogP contribution in [-0.4, -0.2) is 22.4 Å².